The van der Waals surface area contributed by atoms with Gasteiger partial charge in [-0.25, -0.2) is 0 Å². The number of rotatable bonds is 23. The van der Waals surface area contributed by atoms with Crippen LogP contribution in [-0.4, -0.2) is 274 Å². The van der Waals surface area contributed by atoms with Crippen LogP contribution in [0.15, 0.2) is 152 Å². The lowest BCUT2D eigenvalue weighted by molar-refractivity contribution is -0.151. The van der Waals surface area contributed by atoms with E-state index in [1.165, 1.54) is 84.9 Å². The first-order valence-corrected chi connectivity index (χ1v) is 44.6. The molecule has 38 heteroatoms. The number of phenols is 2. The molecule has 0 radical (unpaired) electrons. The summed E-state index contributed by atoms with van der Waals surface area (Å²) in [5, 5.41) is 56.3. The number of hydrogen-bond acceptors (Lipinski definition) is 21. The highest BCUT2D eigenvalue weighted by molar-refractivity contribution is 8.00. The number of ether oxygens (including phenoxy) is 2. The Morgan fingerprint density at radius 1 is 0.523 bits per heavy atom. The molecule has 1 aromatic heterocycles. The fourth-order valence-corrected chi connectivity index (χ4v) is 16.6. The van der Waals surface area contributed by atoms with Gasteiger partial charge in [0.2, 0.25) is 88.6 Å². The molecule has 132 heavy (non-hydrogen) atoms. The van der Waals surface area contributed by atoms with Crippen molar-refractivity contribution in [2.75, 3.05) is 78.5 Å². The van der Waals surface area contributed by atoms with Gasteiger partial charge in [-0.1, -0.05) is 151 Å². The molecule has 3 heterocycles. The molecule has 2 bridgehead atoms. The summed E-state index contributed by atoms with van der Waals surface area (Å²) in [4.78, 5) is 245. The Labute approximate surface area is 768 Å². The summed E-state index contributed by atoms with van der Waals surface area (Å²) in [5.74, 6) is -17.5. The lowest BCUT2D eigenvalue weighted by Crippen LogP contribution is -2.62. The largest absolute Gasteiger partial charge is 0.508 e. The molecule has 9 rings (SSSR count). The molecule has 7 aromatic rings. The zero-order valence-corrected chi connectivity index (χ0v) is 76.5. The number of aliphatic carboxylic acids is 1. The summed E-state index contributed by atoms with van der Waals surface area (Å²) in [7, 11) is 8.04. The average molecular weight is 1840 g/mol. The molecule has 2 aliphatic rings. The molecule has 15 N–H and O–H groups in total. The van der Waals surface area contributed by atoms with Gasteiger partial charge in [0, 0.05) is 95.6 Å². The fourth-order valence-electron chi connectivity index (χ4n) is 15.7. The van der Waals surface area contributed by atoms with Crippen molar-refractivity contribution in [3.8, 4) is 23.0 Å². The first kappa shape index (κ1) is 102. The number of likely N-dealkylation sites (N-methyl/N-ethyl adjacent to an activating group) is 4. The lowest BCUT2D eigenvalue weighted by atomic mass is 9.95. The van der Waals surface area contributed by atoms with Crippen LogP contribution in [0.5, 0.6) is 23.0 Å². The number of carboxylic acids is 1. The first-order valence-electron chi connectivity index (χ1n) is 43.4. The Morgan fingerprint density at radius 3 is 1.70 bits per heavy atom. The van der Waals surface area contributed by atoms with Gasteiger partial charge in [-0.3, -0.25) is 76.7 Å². The van der Waals surface area contributed by atoms with Gasteiger partial charge >= 0.3 is 5.97 Å². The van der Waals surface area contributed by atoms with Crippen molar-refractivity contribution in [3.05, 3.63) is 185 Å². The minimum atomic E-state index is -1.91. The molecule has 1 fully saturated rings. The highest BCUT2D eigenvalue weighted by Gasteiger charge is 2.44. The van der Waals surface area contributed by atoms with Crippen LogP contribution in [0.4, 0.5) is 5.69 Å². The molecule has 6 aromatic carbocycles. The predicted molar refractivity (Wildman–Crippen MR) is 490 cm³/mol. The molecule has 706 valence electrons. The highest BCUT2D eigenvalue weighted by Crippen LogP contribution is 2.33. The van der Waals surface area contributed by atoms with E-state index in [-0.39, 0.29) is 80.2 Å². The maximum absolute atomic E-state index is 15.6. The summed E-state index contributed by atoms with van der Waals surface area (Å²) in [6, 6.07) is 21.4. The number of thioether (sulfide) groups is 1. The van der Waals surface area contributed by atoms with E-state index >= 15 is 47.9 Å². The number of para-hydroxylation sites is 1. The Kier molecular flexibility index (Phi) is 37.0. The van der Waals surface area contributed by atoms with Crippen LogP contribution in [0.25, 0.3) is 10.9 Å². The number of fused-ring (bicyclic) bond motifs is 5. The molecule has 0 spiro atoms. The van der Waals surface area contributed by atoms with Crippen LogP contribution in [-0.2, 0) is 115 Å². The number of aromatic nitrogens is 1. The number of H-pyrrole nitrogens is 1. The first-order chi connectivity index (χ1) is 62.8. The number of phenolic OH excluding ortho intramolecular Hbond substituents is 2. The quantitative estimate of drug-likeness (QED) is 0.0437. The van der Waals surface area contributed by atoms with E-state index in [1.54, 1.807) is 137 Å². The third kappa shape index (κ3) is 28.2. The molecule has 11 unspecified atom stereocenters. The van der Waals surface area contributed by atoms with E-state index < -0.39 is 205 Å². The zero-order chi connectivity index (χ0) is 96.3. The zero-order valence-electron chi connectivity index (χ0n) is 75.7. The summed E-state index contributed by atoms with van der Waals surface area (Å²) in [5.41, 5.74) is 8.88. The van der Waals surface area contributed by atoms with Crippen molar-refractivity contribution in [2.45, 2.75) is 172 Å². The summed E-state index contributed by atoms with van der Waals surface area (Å²) < 4.78 is 11.1. The maximum atomic E-state index is 15.6. The van der Waals surface area contributed by atoms with Crippen LogP contribution < -0.4 is 68.0 Å². The summed E-state index contributed by atoms with van der Waals surface area (Å²) in [6.07, 6.45) is -0.151. The van der Waals surface area contributed by atoms with Crippen LogP contribution >= 0.6 is 11.8 Å². The second-order valence-corrected chi connectivity index (χ2v) is 34.7. The molecule has 0 saturated carbocycles. The Bertz CT molecular complexity index is 5310. The number of unbranched alkanes of at least 4 members (excludes halogenated alkanes) is 1. The molecule has 15 amide bonds. The standard InChI is InChI=1S/C94H118N16O21S/c1-12-13-28-72-92(127)106(6)49-79(114)99-68(46-82(117)118)88(123)105-83(54(4)5)94(129)108(8)74(40-55-22-16-14-17-23-55)89(124)103-70-43-59-32-35-62(112)45-73(59)110(91(70)126)50-80(115)98-67(44-60-47-96-64-27-21-20-26-63(60)64)87(122)102-66(38-57-29-33-61(111)34-30-57)86(121)101-65(37-53(2)3)85(120)104-71(84(119)97-48-78(95)113)51-132-52-81(116)100-69(39-58-31-36-76(130-10)77(42-58)131-11)90(125)109(9)75(93(128)107(72)7)41-56-24-18-15-19-25-56/h14-27,29-36,42,45,47,53-54,65-72,74-75,83,96,111-112H,12-13,28,37-41,43-44,46,48-52H2,1-11H3,(H2,95,113)(H,97,119)(H,98,115)(H,99,114)(H,100,116)(H,101,121)(H,102,122)(H,103,124)(H,104,120)(H,105,123)(H,117,118). The molecule has 11 atom stereocenters. The number of nitrogens with one attached hydrogen (secondary N) is 10. The molecular formula is C94H118N16O21S. The Balaban J connectivity index is 1.13. The van der Waals surface area contributed by atoms with E-state index in [4.69, 9.17) is 15.2 Å². The van der Waals surface area contributed by atoms with Gasteiger partial charge in [0.05, 0.1) is 45.2 Å². The minimum absolute atomic E-state index is 0.00946. The van der Waals surface area contributed by atoms with E-state index in [0.29, 0.717) is 62.9 Å². The third-order valence-corrected chi connectivity index (χ3v) is 23.9. The number of hydrogen-bond donors (Lipinski definition) is 14. The van der Waals surface area contributed by atoms with Crippen molar-refractivity contribution in [1.82, 2.24) is 72.4 Å². The molecule has 2 aliphatic heterocycles. The number of nitrogens with zero attached hydrogens (tertiary/aromatic N) is 5. The van der Waals surface area contributed by atoms with Gasteiger partial charge in [0.1, 0.15) is 84.5 Å². The van der Waals surface area contributed by atoms with Crippen LogP contribution in [0, 0.1) is 11.8 Å². The summed E-state index contributed by atoms with van der Waals surface area (Å²) >= 11 is 0.802. The molecule has 0 aliphatic carbocycles. The number of aromatic hydroxyl groups is 2. The smallest absolute Gasteiger partial charge is 0.305 e. The van der Waals surface area contributed by atoms with E-state index in [2.05, 4.69) is 52.8 Å². The van der Waals surface area contributed by atoms with Crippen LogP contribution in [0.2, 0.25) is 0 Å². The molecule has 37 nitrogen and oxygen atoms in total. The number of aromatic amines is 1. The SMILES string of the molecule is CCCCC1C(=O)N(C)CC(=O)NC(CC(=O)O)C(=O)NC(C(C)C)C(=O)N(C)C(Cc2ccccc2)C(=O)NC2Cc3ccc(O)cc3N(CC(=O)NC(Cc3c[nH]c4ccccc34)C(=O)NC(Cc3ccc(O)cc3)C(=O)NC(CC(C)C)C(=O)NC(C(=O)NCC(N)=O)CSCC(=O)NC(Cc3ccc(OC)c(OC)c3)C(=O)N(C)C(Cc3ccccc3)C(=O)N1C)C2=O. The van der Waals surface area contributed by atoms with Gasteiger partial charge in [-0.2, -0.15) is 0 Å². The monoisotopic (exact) mass is 1840 g/mol. The second kappa shape index (κ2) is 48.0. The predicted octanol–water partition coefficient (Wildman–Crippen LogP) is 2.23. The van der Waals surface area contributed by atoms with E-state index in [0.717, 1.165) is 36.3 Å². The van der Waals surface area contributed by atoms with E-state index in [1.807, 2.05) is 6.92 Å². The van der Waals surface area contributed by atoms with Crippen molar-refractivity contribution in [3.63, 3.8) is 0 Å². The van der Waals surface area contributed by atoms with Crippen molar-refractivity contribution in [2.24, 2.45) is 17.6 Å². The van der Waals surface area contributed by atoms with E-state index in [9.17, 15) is 44.1 Å². The van der Waals surface area contributed by atoms with Gasteiger partial charge < -0.3 is 108 Å². The highest BCUT2D eigenvalue weighted by atomic mass is 32.2. The number of amides is 15. The number of anilines is 1. The number of benzene rings is 6. The number of carbonyl (C=O) groups excluding carboxylic acids is 15. The number of carboxylic acid groups (broad SMARTS) is 1. The normalized spacial score (nSPS) is 21.9. The average Bonchev–Trinajstić information content (AvgIpc) is 0.846. The maximum Gasteiger partial charge on any atom is 0.305 e. The van der Waals surface area contributed by atoms with Crippen molar-refractivity contribution < 1.29 is 102 Å². The topological polar surface area (TPSA) is 519 Å². The van der Waals surface area contributed by atoms with Gasteiger partial charge in [-0.15, -0.1) is 11.8 Å². The fraction of sp³-hybridized carbons (Fsp3) is 0.426. The number of nitrogens with two attached hydrogens (primary N) is 1. The van der Waals surface area contributed by atoms with Crippen molar-refractivity contribution in [1.29, 1.82) is 0 Å². The van der Waals surface area contributed by atoms with Crippen molar-refractivity contribution >= 4 is 123 Å². The number of methoxy groups -OCH3 is 2. The second-order valence-electron chi connectivity index (χ2n) is 33.6. The number of carbonyl (C=O) groups is 16. The van der Waals surface area contributed by atoms with Gasteiger partial charge in [-0.05, 0) is 94.5 Å². The Morgan fingerprint density at radius 2 is 1.08 bits per heavy atom. The van der Waals surface area contributed by atoms with Crippen LogP contribution in [0.3, 0.4) is 0 Å². The molecule has 1 saturated heterocycles. The Hall–Kier alpha value is -14.1. The molecular weight excluding hydrogens is 1720 g/mol. The third-order valence-electron chi connectivity index (χ3n) is 22.9. The number of primary amides is 1. The minimum Gasteiger partial charge on any atom is -0.508 e. The van der Waals surface area contributed by atoms with Gasteiger partial charge in [0.25, 0.3) is 0 Å². The summed E-state index contributed by atoms with van der Waals surface area (Å²) in [6.45, 7) is 6.02. The lowest BCUT2D eigenvalue weighted by Gasteiger charge is -2.37. The van der Waals surface area contributed by atoms with Gasteiger partial charge in [0.15, 0.2) is 11.5 Å². The van der Waals surface area contributed by atoms with Crippen LogP contribution in [0.1, 0.15) is 100 Å².